The minimum absolute atomic E-state index is 0.194. The monoisotopic (exact) mass is 194 g/mol. The smallest absolute Gasteiger partial charge is 0.0471 e. The lowest BCUT2D eigenvalue weighted by molar-refractivity contribution is 0.298. The van der Waals surface area contributed by atoms with Crippen LogP contribution in [-0.2, 0) is 12.8 Å². The normalized spacial score (nSPS) is 10.6. The Morgan fingerprint density at radius 1 is 0.857 bits per heavy atom. The van der Waals surface area contributed by atoms with Crippen molar-refractivity contribution in [2.75, 3.05) is 13.2 Å². The van der Waals surface area contributed by atoms with E-state index in [4.69, 9.17) is 10.2 Å². The second kappa shape index (κ2) is 5.13. The van der Waals surface area contributed by atoms with Crippen LogP contribution in [0, 0.1) is 13.8 Å². The Kier molecular flexibility index (Phi) is 4.11. The quantitative estimate of drug-likeness (QED) is 0.760. The van der Waals surface area contributed by atoms with Gasteiger partial charge >= 0.3 is 0 Å². The Morgan fingerprint density at radius 2 is 1.21 bits per heavy atom. The molecule has 1 aromatic rings. The third-order valence-electron chi connectivity index (χ3n) is 2.56. The summed E-state index contributed by atoms with van der Waals surface area (Å²) in [5.41, 5.74) is 4.81. The first-order chi connectivity index (χ1) is 6.69. The topological polar surface area (TPSA) is 40.5 Å². The number of rotatable bonds is 4. The molecule has 0 radical (unpaired) electrons. The average Bonchev–Trinajstić information content (AvgIpc) is 2.14. The fourth-order valence-electron chi connectivity index (χ4n) is 1.72. The lowest BCUT2D eigenvalue weighted by atomic mass is 9.97. The zero-order valence-corrected chi connectivity index (χ0v) is 8.88. The van der Waals surface area contributed by atoms with E-state index in [-0.39, 0.29) is 13.2 Å². The molecule has 0 unspecified atom stereocenters. The van der Waals surface area contributed by atoms with E-state index >= 15 is 0 Å². The van der Waals surface area contributed by atoms with Crippen molar-refractivity contribution in [3.63, 3.8) is 0 Å². The molecule has 78 valence electrons. The Labute approximate surface area is 85.2 Å². The Bertz CT molecular complexity index is 274. The molecule has 0 heterocycles. The summed E-state index contributed by atoms with van der Waals surface area (Å²) in [5.74, 6) is 0. The summed E-state index contributed by atoms with van der Waals surface area (Å²) in [7, 11) is 0. The Morgan fingerprint density at radius 3 is 1.50 bits per heavy atom. The highest BCUT2D eigenvalue weighted by molar-refractivity contribution is 5.37. The van der Waals surface area contributed by atoms with Gasteiger partial charge in [-0.15, -0.1) is 0 Å². The number of hydrogen-bond acceptors (Lipinski definition) is 2. The maximum Gasteiger partial charge on any atom is 0.0471 e. The second-order valence-electron chi connectivity index (χ2n) is 3.65. The van der Waals surface area contributed by atoms with E-state index in [9.17, 15) is 0 Å². The molecule has 2 nitrogen and oxygen atoms in total. The van der Waals surface area contributed by atoms with Crippen LogP contribution in [0.4, 0.5) is 0 Å². The molecule has 0 aromatic heterocycles. The fourth-order valence-corrected chi connectivity index (χ4v) is 1.72. The van der Waals surface area contributed by atoms with E-state index in [0.29, 0.717) is 12.8 Å². The molecule has 0 fully saturated rings. The maximum absolute atomic E-state index is 8.87. The maximum atomic E-state index is 8.87. The van der Waals surface area contributed by atoms with Crippen molar-refractivity contribution in [1.82, 2.24) is 0 Å². The molecule has 0 bridgehead atoms. The van der Waals surface area contributed by atoms with Gasteiger partial charge in [-0.05, 0) is 48.9 Å². The average molecular weight is 194 g/mol. The first-order valence-corrected chi connectivity index (χ1v) is 4.99. The zero-order valence-electron chi connectivity index (χ0n) is 8.88. The van der Waals surface area contributed by atoms with Gasteiger partial charge in [0.05, 0.1) is 0 Å². The van der Waals surface area contributed by atoms with E-state index in [1.54, 1.807) is 0 Å². The number of aliphatic hydroxyl groups excluding tert-OH is 2. The van der Waals surface area contributed by atoms with Crippen molar-refractivity contribution in [2.24, 2.45) is 0 Å². The third kappa shape index (κ3) is 2.56. The third-order valence-corrected chi connectivity index (χ3v) is 2.56. The van der Waals surface area contributed by atoms with Crippen LogP contribution in [0.15, 0.2) is 12.1 Å². The Hall–Kier alpha value is -0.860. The predicted octanol–water partition coefficient (Wildman–Crippen LogP) is 1.37. The summed E-state index contributed by atoms with van der Waals surface area (Å²) in [6.45, 7) is 4.48. The lowest BCUT2D eigenvalue weighted by Crippen LogP contribution is -2.00. The van der Waals surface area contributed by atoms with E-state index < -0.39 is 0 Å². The largest absolute Gasteiger partial charge is 0.396 e. The first kappa shape index (κ1) is 11.2. The van der Waals surface area contributed by atoms with Crippen LogP contribution < -0.4 is 0 Å². The van der Waals surface area contributed by atoms with E-state index in [0.717, 1.165) is 0 Å². The summed E-state index contributed by atoms with van der Waals surface area (Å²) in [4.78, 5) is 0. The standard InChI is InChI=1S/C12H18O2/c1-9-7-12(4-6-14)10(2)8-11(9)3-5-13/h7-8,13-14H,3-6H2,1-2H3. The van der Waals surface area contributed by atoms with E-state index in [2.05, 4.69) is 12.1 Å². The predicted molar refractivity (Wildman–Crippen MR) is 57.5 cm³/mol. The highest BCUT2D eigenvalue weighted by Crippen LogP contribution is 2.16. The summed E-state index contributed by atoms with van der Waals surface area (Å²) < 4.78 is 0. The molecule has 0 saturated carbocycles. The molecular formula is C12H18O2. The van der Waals surface area contributed by atoms with Gasteiger partial charge in [0.25, 0.3) is 0 Å². The molecule has 0 aliphatic carbocycles. The minimum Gasteiger partial charge on any atom is -0.396 e. The first-order valence-electron chi connectivity index (χ1n) is 4.99. The molecule has 2 N–H and O–H groups in total. The van der Waals surface area contributed by atoms with Gasteiger partial charge in [0.15, 0.2) is 0 Å². The molecule has 14 heavy (non-hydrogen) atoms. The van der Waals surface area contributed by atoms with Crippen molar-refractivity contribution in [2.45, 2.75) is 26.7 Å². The molecule has 2 heteroatoms. The van der Waals surface area contributed by atoms with Crippen LogP contribution in [0.1, 0.15) is 22.3 Å². The second-order valence-corrected chi connectivity index (χ2v) is 3.65. The number of hydrogen-bond donors (Lipinski definition) is 2. The lowest BCUT2D eigenvalue weighted by Gasteiger charge is -2.10. The SMILES string of the molecule is Cc1cc(CCO)c(C)cc1CCO. The molecule has 0 spiro atoms. The Balaban J connectivity index is 2.97. The highest BCUT2D eigenvalue weighted by atomic mass is 16.3. The van der Waals surface area contributed by atoms with Crippen LogP contribution in [-0.4, -0.2) is 23.4 Å². The van der Waals surface area contributed by atoms with Crippen molar-refractivity contribution < 1.29 is 10.2 Å². The molecule has 0 atom stereocenters. The van der Waals surface area contributed by atoms with Gasteiger partial charge in [0, 0.05) is 13.2 Å². The molecular weight excluding hydrogens is 176 g/mol. The van der Waals surface area contributed by atoms with E-state index in [1.165, 1.54) is 22.3 Å². The van der Waals surface area contributed by atoms with Crippen molar-refractivity contribution in [3.8, 4) is 0 Å². The van der Waals surface area contributed by atoms with Crippen LogP contribution in [0.25, 0.3) is 0 Å². The van der Waals surface area contributed by atoms with Crippen LogP contribution >= 0.6 is 0 Å². The van der Waals surface area contributed by atoms with Crippen LogP contribution in [0.2, 0.25) is 0 Å². The van der Waals surface area contributed by atoms with Gasteiger partial charge < -0.3 is 10.2 Å². The number of benzene rings is 1. The summed E-state index contributed by atoms with van der Waals surface area (Å²) in [5, 5.41) is 17.7. The summed E-state index contributed by atoms with van der Waals surface area (Å²) in [6, 6.07) is 4.22. The van der Waals surface area contributed by atoms with Crippen LogP contribution in [0.5, 0.6) is 0 Å². The van der Waals surface area contributed by atoms with Gasteiger partial charge in [-0.1, -0.05) is 12.1 Å². The zero-order chi connectivity index (χ0) is 10.6. The van der Waals surface area contributed by atoms with Gasteiger partial charge in [0.2, 0.25) is 0 Å². The van der Waals surface area contributed by atoms with Gasteiger partial charge in [-0.3, -0.25) is 0 Å². The number of aliphatic hydroxyl groups is 2. The molecule has 0 aliphatic rings. The highest BCUT2D eigenvalue weighted by Gasteiger charge is 2.03. The molecule has 0 aliphatic heterocycles. The van der Waals surface area contributed by atoms with Crippen molar-refractivity contribution >= 4 is 0 Å². The minimum atomic E-state index is 0.194. The summed E-state index contributed by atoms with van der Waals surface area (Å²) in [6.07, 6.45) is 1.43. The van der Waals surface area contributed by atoms with Crippen molar-refractivity contribution in [3.05, 3.63) is 34.4 Å². The molecule has 1 aromatic carbocycles. The van der Waals surface area contributed by atoms with Gasteiger partial charge in [0.1, 0.15) is 0 Å². The molecule has 0 saturated heterocycles. The van der Waals surface area contributed by atoms with Gasteiger partial charge in [-0.25, -0.2) is 0 Å². The number of aryl methyl sites for hydroxylation is 2. The van der Waals surface area contributed by atoms with Crippen molar-refractivity contribution in [1.29, 1.82) is 0 Å². The molecule has 0 amide bonds. The summed E-state index contributed by atoms with van der Waals surface area (Å²) >= 11 is 0. The van der Waals surface area contributed by atoms with Gasteiger partial charge in [-0.2, -0.15) is 0 Å². The van der Waals surface area contributed by atoms with Crippen LogP contribution in [0.3, 0.4) is 0 Å². The molecule has 1 rings (SSSR count). The van der Waals surface area contributed by atoms with E-state index in [1.807, 2.05) is 13.8 Å². The fraction of sp³-hybridized carbons (Fsp3) is 0.500.